The topological polar surface area (TPSA) is 0 Å². The summed E-state index contributed by atoms with van der Waals surface area (Å²) in [6, 6.07) is 2.19. The second-order valence-corrected chi connectivity index (χ2v) is 6.21. The Morgan fingerprint density at radius 2 is 2.00 bits per heavy atom. The Bertz CT molecular complexity index is 271. The molecule has 0 fully saturated rings. The van der Waals surface area contributed by atoms with Gasteiger partial charge in [0.25, 0.3) is 0 Å². The van der Waals surface area contributed by atoms with E-state index in [9.17, 15) is 0 Å². The molecule has 0 nitrogen and oxygen atoms in total. The quantitative estimate of drug-likeness (QED) is 0.632. The van der Waals surface area contributed by atoms with Gasteiger partial charge < -0.3 is 0 Å². The number of halogens is 1. The van der Waals surface area contributed by atoms with Crippen LogP contribution in [-0.2, 0) is 5.41 Å². The van der Waals surface area contributed by atoms with Gasteiger partial charge in [0, 0.05) is 9.77 Å². The average molecular weight is 221 g/mol. The van der Waals surface area contributed by atoms with Crippen molar-refractivity contribution in [3.05, 3.63) is 15.3 Å². The van der Waals surface area contributed by atoms with Crippen molar-refractivity contribution in [2.45, 2.75) is 31.1 Å². The maximum absolute atomic E-state index is 6.05. The Labute approximate surface area is 87.3 Å². The van der Waals surface area contributed by atoms with E-state index in [4.69, 9.17) is 11.6 Å². The summed E-state index contributed by atoms with van der Waals surface area (Å²) in [4.78, 5) is 2.56. The Balaban J connectivity index is 3.05. The van der Waals surface area contributed by atoms with Crippen LogP contribution in [0.15, 0.2) is 11.0 Å². The number of hydrogen-bond acceptors (Lipinski definition) is 2. The smallest absolute Gasteiger partial charge is 0.107 e. The summed E-state index contributed by atoms with van der Waals surface area (Å²) in [5, 5.41) is 0. The molecule has 0 unspecified atom stereocenters. The molecule has 0 aliphatic heterocycles. The monoisotopic (exact) mass is 220 g/mol. The van der Waals surface area contributed by atoms with E-state index in [1.807, 2.05) is 0 Å². The van der Waals surface area contributed by atoms with Gasteiger partial charge >= 0.3 is 0 Å². The summed E-state index contributed by atoms with van der Waals surface area (Å²) < 4.78 is 0.924. The molecule has 0 aromatic carbocycles. The van der Waals surface area contributed by atoms with Gasteiger partial charge in [-0.25, -0.2) is 0 Å². The van der Waals surface area contributed by atoms with E-state index in [1.54, 1.807) is 23.1 Å². The molecule has 1 heterocycles. The van der Waals surface area contributed by atoms with Crippen LogP contribution in [0.2, 0.25) is 4.34 Å². The second kappa shape index (κ2) is 3.60. The molecule has 0 aliphatic rings. The molecule has 3 heteroatoms. The summed E-state index contributed by atoms with van der Waals surface area (Å²) in [5.41, 5.74) is 0.224. The van der Waals surface area contributed by atoms with E-state index >= 15 is 0 Å². The van der Waals surface area contributed by atoms with Gasteiger partial charge in [-0.2, -0.15) is 0 Å². The van der Waals surface area contributed by atoms with Crippen LogP contribution in [-0.4, -0.2) is 6.26 Å². The highest BCUT2D eigenvalue weighted by molar-refractivity contribution is 7.98. The lowest BCUT2D eigenvalue weighted by molar-refractivity contribution is 0.603. The molecule has 0 spiro atoms. The second-order valence-electron chi connectivity index (χ2n) is 3.70. The van der Waals surface area contributed by atoms with Crippen molar-refractivity contribution < 1.29 is 0 Å². The van der Waals surface area contributed by atoms with Gasteiger partial charge in [-0.05, 0) is 17.7 Å². The van der Waals surface area contributed by atoms with Gasteiger partial charge in [0.15, 0.2) is 0 Å². The fourth-order valence-electron chi connectivity index (χ4n) is 0.861. The highest BCUT2D eigenvalue weighted by Gasteiger charge is 2.18. The van der Waals surface area contributed by atoms with Crippen LogP contribution in [0.1, 0.15) is 25.6 Å². The molecule has 12 heavy (non-hydrogen) atoms. The SMILES string of the molecule is CSc1cc(C(C)(C)C)sc1Cl. The summed E-state index contributed by atoms with van der Waals surface area (Å²) in [7, 11) is 0. The molecule has 1 aromatic heterocycles. The predicted octanol–water partition coefficient (Wildman–Crippen LogP) is 4.42. The Kier molecular flexibility index (Phi) is 3.13. The minimum atomic E-state index is 0.224. The van der Waals surface area contributed by atoms with Gasteiger partial charge in [0.2, 0.25) is 0 Å². The molecular weight excluding hydrogens is 208 g/mol. The average Bonchev–Trinajstić information content (AvgIpc) is 2.29. The summed E-state index contributed by atoms with van der Waals surface area (Å²) in [5.74, 6) is 0. The first kappa shape index (κ1) is 10.4. The zero-order chi connectivity index (χ0) is 9.35. The van der Waals surface area contributed by atoms with Crippen LogP contribution < -0.4 is 0 Å². The van der Waals surface area contributed by atoms with Gasteiger partial charge in [0.1, 0.15) is 4.34 Å². The number of thioether (sulfide) groups is 1. The molecule has 0 saturated carbocycles. The molecule has 1 rings (SSSR count). The van der Waals surface area contributed by atoms with Gasteiger partial charge in [0.05, 0.1) is 0 Å². The maximum Gasteiger partial charge on any atom is 0.107 e. The number of rotatable bonds is 1. The predicted molar refractivity (Wildman–Crippen MR) is 59.8 cm³/mol. The molecule has 0 amide bonds. The van der Waals surface area contributed by atoms with E-state index in [0.717, 1.165) is 4.34 Å². The van der Waals surface area contributed by atoms with Crippen molar-refractivity contribution in [3.63, 3.8) is 0 Å². The van der Waals surface area contributed by atoms with Gasteiger partial charge in [-0.3, -0.25) is 0 Å². The lowest BCUT2D eigenvalue weighted by atomic mass is 9.95. The van der Waals surface area contributed by atoms with Crippen LogP contribution >= 0.6 is 34.7 Å². The van der Waals surface area contributed by atoms with E-state index in [1.165, 1.54) is 9.77 Å². The van der Waals surface area contributed by atoms with Crippen LogP contribution in [0.4, 0.5) is 0 Å². The molecule has 0 radical (unpaired) electrons. The van der Waals surface area contributed by atoms with Crippen LogP contribution in [0.3, 0.4) is 0 Å². The zero-order valence-electron chi connectivity index (χ0n) is 7.77. The summed E-state index contributed by atoms with van der Waals surface area (Å²) >= 11 is 9.45. The first-order valence-corrected chi connectivity index (χ1v) is 6.21. The molecule has 68 valence electrons. The Morgan fingerprint density at radius 3 is 2.25 bits per heavy atom. The standard InChI is InChI=1S/C9H13ClS2/c1-9(2,3)7-5-6(11-4)8(10)12-7/h5H,1-4H3. The normalized spacial score (nSPS) is 12.1. The Morgan fingerprint density at radius 1 is 1.42 bits per heavy atom. The van der Waals surface area contributed by atoms with Crippen LogP contribution in [0.5, 0.6) is 0 Å². The molecule has 0 N–H and O–H groups in total. The molecule has 0 saturated heterocycles. The molecule has 0 bridgehead atoms. The third kappa shape index (κ3) is 2.18. The largest absolute Gasteiger partial charge is 0.127 e. The van der Waals surface area contributed by atoms with Crippen molar-refractivity contribution >= 4 is 34.7 Å². The summed E-state index contributed by atoms with van der Waals surface area (Å²) in [6.45, 7) is 6.62. The highest BCUT2D eigenvalue weighted by atomic mass is 35.5. The molecule has 1 aromatic rings. The fourth-order valence-corrected chi connectivity index (χ4v) is 3.08. The molecule has 0 aliphatic carbocycles. The third-order valence-corrected chi connectivity index (χ3v) is 4.40. The van der Waals surface area contributed by atoms with Crippen molar-refractivity contribution in [1.29, 1.82) is 0 Å². The summed E-state index contributed by atoms with van der Waals surface area (Å²) in [6.07, 6.45) is 2.06. The van der Waals surface area contributed by atoms with Crippen molar-refractivity contribution in [2.24, 2.45) is 0 Å². The maximum atomic E-state index is 6.05. The van der Waals surface area contributed by atoms with Crippen molar-refractivity contribution in [1.82, 2.24) is 0 Å². The van der Waals surface area contributed by atoms with Crippen molar-refractivity contribution in [3.8, 4) is 0 Å². The van der Waals surface area contributed by atoms with E-state index in [0.29, 0.717) is 0 Å². The lowest BCUT2D eigenvalue weighted by Crippen LogP contribution is -2.07. The highest BCUT2D eigenvalue weighted by Crippen LogP contribution is 2.39. The molecule has 0 atom stereocenters. The minimum absolute atomic E-state index is 0.224. The van der Waals surface area contributed by atoms with Crippen LogP contribution in [0, 0.1) is 0 Å². The van der Waals surface area contributed by atoms with E-state index in [2.05, 4.69) is 33.1 Å². The van der Waals surface area contributed by atoms with Gasteiger partial charge in [-0.15, -0.1) is 23.1 Å². The van der Waals surface area contributed by atoms with Crippen molar-refractivity contribution in [2.75, 3.05) is 6.26 Å². The van der Waals surface area contributed by atoms with E-state index in [-0.39, 0.29) is 5.41 Å². The number of thiophene rings is 1. The first-order valence-electron chi connectivity index (χ1n) is 3.79. The number of hydrogen-bond donors (Lipinski definition) is 0. The Hall–Kier alpha value is 0.340. The molecular formula is C9H13ClS2. The third-order valence-electron chi connectivity index (χ3n) is 1.61. The van der Waals surface area contributed by atoms with Gasteiger partial charge in [-0.1, -0.05) is 32.4 Å². The zero-order valence-corrected chi connectivity index (χ0v) is 10.2. The first-order chi connectivity index (χ1) is 5.45. The van der Waals surface area contributed by atoms with Crippen LogP contribution in [0.25, 0.3) is 0 Å². The fraction of sp³-hybridized carbons (Fsp3) is 0.556. The lowest BCUT2D eigenvalue weighted by Gasteiger charge is -2.14. The minimum Gasteiger partial charge on any atom is -0.127 e. The van der Waals surface area contributed by atoms with E-state index < -0.39 is 0 Å².